The summed E-state index contributed by atoms with van der Waals surface area (Å²) in [6.45, 7) is 5.81. The molecular formula is C20H18Cl2N4O2S2. The van der Waals surface area contributed by atoms with Crippen molar-refractivity contribution in [1.82, 2.24) is 14.5 Å². The Labute approximate surface area is 191 Å². The van der Waals surface area contributed by atoms with E-state index in [-0.39, 0.29) is 28.1 Å². The molecule has 0 bridgehead atoms. The molecule has 0 fully saturated rings. The number of aryl methyl sites for hydroxylation is 3. The molecule has 3 aromatic rings. The van der Waals surface area contributed by atoms with Crippen LogP contribution in [0.15, 0.2) is 28.7 Å². The highest BCUT2D eigenvalue weighted by Gasteiger charge is 2.23. The summed E-state index contributed by atoms with van der Waals surface area (Å²) in [5.74, 6) is 0.00916. The Kier molecular flexibility index (Phi) is 6.20. The summed E-state index contributed by atoms with van der Waals surface area (Å²) >= 11 is 14.9. The number of aromatic nitrogens is 3. The van der Waals surface area contributed by atoms with Crippen LogP contribution >= 0.6 is 46.3 Å². The van der Waals surface area contributed by atoms with Crippen molar-refractivity contribution < 1.29 is 4.79 Å². The van der Waals surface area contributed by atoms with E-state index in [0.717, 1.165) is 35.0 Å². The van der Waals surface area contributed by atoms with Crippen LogP contribution in [0.5, 0.6) is 0 Å². The summed E-state index contributed by atoms with van der Waals surface area (Å²) in [7, 11) is 0. The molecule has 0 aromatic carbocycles. The second-order valence-corrected chi connectivity index (χ2v) is 9.70. The number of nitrogens with one attached hydrogen (secondary N) is 1. The Morgan fingerprint density at radius 3 is 2.93 bits per heavy atom. The van der Waals surface area contributed by atoms with Gasteiger partial charge in [-0.05, 0) is 37.8 Å². The minimum absolute atomic E-state index is 0.0554. The van der Waals surface area contributed by atoms with Gasteiger partial charge in [0.25, 0.3) is 5.56 Å². The van der Waals surface area contributed by atoms with Gasteiger partial charge in [-0.3, -0.25) is 14.2 Å². The maximum atomic E-state index is 13.1. The van der Waals surface area contributed by atoms with E-state index in [1.807, 2.05) is 0 Å². The Morgan fingerprint density at radius 2 is 2.17 bits per heavy atom. The summed E-state index contributed by atoms with van der Waals surface area (Å²) in [5, 5.41) is 4.60. The van der Waals surface area contributed by atoms with Crippen LogP contribution in [0.2, 0.25) is 10.0 Å². The number of thioether (sulfide) groups is 1. The van der Waals surface area contributed by atoms with E-state index in [9.17, 15) is 9.59 Å². The van der Waals surface area contributed by atoms with Gasteiger partial charge in [0.1, 0.15) is 4.83 Å². The molecule has 0 unspecified atom stereocenters. The predicted octanol–water partition coefficient (Wildman–Crippen LogP) is 4.87. The van der Waals surface area contributed by atoms with Crippen molar-refractivity contribution in [3.63, 3.8) is 0 Å². The zero-order chi connectivity index (χ0) is 21.4. The van der Waals surface area contributed by atoms with Gasteiger partial charge >= 0.3 is 0 Å². The lowest BCUT2D eigenvalue weighted by molar-refractivity contribution is -0.113. The zero-order valence-corrected chi connectivity index (χ0v) is 19.3. The van der Waals surface area contributed by atoms with E-state index >= 15 is 0 Å². The van der Waals surface area contributed by atoms with Crippen molar-refractivity contribution in [2.24, 2.45) is 0 Å². The molecule has 4 rings (SSSR count). The summed E-state index contributed by atoms with van der Waals surface area (Å²) in [5.41, 5.74) is 1.64. The van der Waals surface area contributed by atoms with E-state index in [1.54, 1.807) is 35.0 Å². The number of hydrogen-bond donors (Lipinski definition) is 1. The molecule has 30 heavy (non-hydrogen) atoms. The van der Waals surface area contributed by atoms with Crippen LogP contribution in [0.1, 0.15) is 22.6 Å². The first kappa shape index (κ1) is 21.4. The van der Waals surface area contributed by atoms with Crippen molar-refractivity contribution in [2.45, 2.75) is 37.9 Å². The number of allylic oxidation sites excluding steroid dienone is 1. The molecule has 10 heteroatoms. The van der Waals surface area contributed by atoms with Gasteiger partial charge in [-0.25, -0.2) is 9.97 Å². The van der Waals surface area contributed by atoms with Crippen LogP contribution in [0, 0.1) is 6.92 Å². The molecule has 156 valence electrons. The number of carbonyl (C=O) groups is 1. The van der Waals surface area contributed by atoms with Crippen molar-refractivity contribution in [3.05, 3.63) is 55.3 Å². The maximum absolute atomic E-state index is 13.1. The summed E-state index contributed by atoms with van der Waals surface area (Å²) in [6.07, 6.45) is 4.65. The number of hydrogen-bond acceptors (Lipinski definition) is 6. The lowest BCUT2D eigenvalue weighted by Crippen LogP contribution is -2.24. The molecule has 1 aliphatic rings. The van der Waals surface area contributed by atoms with Gasteiger partial charge in [-0.2, -0.15) is 0 Å². The summed E-state index contributed by atoms with van der Waals surface area (Å²) < 4.78 is 1.58. The Balaban J connectivity index is 1.58. The molecule has 3 aromatic heterocycles. The van der Waals surface area contributed by atoms with E-state index in [1.165, 1.54) is 16.6 Å². The number of anilines is 1. The Hall–Kier alpha value is -1.87. The topological polar surface area (TPSA) is 76.9 Å². The number of thiophene rings is 1. The lowest BCUT2D eigenvalue weighted by atomic mass is 10.2. The molecule has 0 aliphatic heterocycles. The van der Waals surface area contributed by atoms with Crippen molar-refractivity contribution in [2.75, 3.05) is 11.1 Å². The highest BCUT2D eigenvalue weighted by Crippen LogP contribution is 2.35. The number of amides is 1. The minimum Gasteiger partial charge on any atom is -0.309 e. The second kappa shape index (κ2) is 8.70. The molecule has 0 spiro atoms. The predicted molar refractivity (Wildman–Crippen MR) is 124 cm³/mol. The van der Waals surface area contributed by atoms with Crippen molar-refractivity contribution >= 4 is 68.2 Å². The molecule has 0 atom stereocenters. The smallest absolute Gasteiger partial charge is 0.263 e. The third-order valence-electron chi connectivity index (χ3n) is 4.80. The molecule has 0 radical (unpaired) electrons. The van der Waals surface area contributed by atoms with Crippen molar-refractivity contribution in [1.29, 1.82) is 0 Å². The van der Waals surface area contributed by atoms with Crippen LogP contribution in [-0.4, -0.2) is 26.2 Å². The number of halogens is 2. The van der Waals surface area contributed by atoms with Crippen LogP contribution in [-0.2, 0) is 24.2 Å². The molecule has 0 saturated heterocycles. The molecule has 1 N–H and O–H groups in total. The third-order valence-corrected chi connectivity index (χ3v) is 7.63. The molecule has 1 aliphatic carbocycles. The van der Waals surface area contributed by atoms with Crippen LogP contribution < -0.4 is 10.9 Å². The highest BCUT2D eigenvalue weighted by molar-refractivity contribution is 7.99. The van der Waals surface area contributed by atoms with Gasteiger partial charge in [0, 0.05) is 11.4 Å². The first-order valence-electron chi connectivity index (χ1n) is 9.30. The summed E-state index contributed by atoms with van der Waals surface area (Å²) in [4.78, 5) is 36.5. The molecule has 0 saturated carbocycles. The van der Waals surface area contributed by atoms with Crippen molar-refractivity contribution in [3.8, 4) is 0 Å². The van der Waals surface area contributed by atoms with Crippen LogP contribution in [0.3, 0.4) is 0 Å². The standard InChI is InChI=1S/C20H18Cl2N4O2S2/c1-3-7-26-19(28)16-11-5-4-6-14(11)30-18(16)25-20(26)29-9-15(27)24-17-13(22)8-12(21)10(2)23-17/h3,8H,1,4-7,9H2,2H3,(H,23,24,27). The van der Waals surface area contributed by atoms with E-state index in [4.69, 9.17) is 28.2 Å². The Morgan fingerprint density at radius 1 is 1.37 bits per heavy atom. The molecule has 6 nitrogen and oxygen atoms in total. The maximum Gasteiger partial charge on any atom is 0.263 e. The Bertz CT molecular complexity index is 1240. The third kappa shape index (κ3) is 4.01. The number of rotatable bonds is 6. The second-order valence-electron chi connectivity index (χ2n) is 6.86. The molecule has 1 amide bonds. The first-order valence-corrected chi connectivity index (χ1v) is 11.9. The fourth-order valence-electron chi connectivity index (χ4n) is 3.40. The van der Waals surface area contributed by atoms with E-state index in [0.29, 0.717) is 22.4 Å². The largest absolute Gasteiger partial charge is 0.309 e. The van der Waals surface area contributed by atoms with E-state index < -0.39 is 0 Å². The number of pyridine rings is 1. The number of fused-ring (bicyclic) bond motifs is 3. The van der Waals surface area contributed by atoms with Gasteiger partial charge < -0.3 is 5.32 Å². The average Bonchev–Trinajstić information content (AvgIpc) is 3.27. The fraction of sp³-hybridized carbons (Fsp3) is 0.300. The van der Waals surface area contributed by atoms with E-state index in [2.05, 4.69) is 16.9 Å². The number of carbonyl (C=O) groups excluding carboxylic acids is 1. The van der Waals surface area contributed by atoms with Gasteiger partial charge in [-0.15, -0.1) is 17.9 Å². The van der Waals surface area contributed by atoms with Gasteiger partial charge in [-0.1, -0.05) is 41.0 Å². The molecule has 3 heterocycles. The quantitative estimate of drug-likeness (QED) is 0.309. The summed E-state index contributed by atoms with van der Waals surface area (Å²) in [6, 6.07) is 1.54. The van der Waals surface area contributed by atoms with Gasteiger partial charge in [0.05, 0.1) is 26.9 Å². The van der Waals surface area contributed by atoms with Crippen LogP contribution in [0.25, 0.3) is 10.2 Å². The minimum atomic E-state index is -0.302. The number of nitrogens with zero attached hydrogens (tertiary/aromatic N) is 3. The monoisotopic (exact) mass is 480 g/mol. The van der Waals surface area contributed by atoms with Gasteiger partial charge in [0.2, 0.25) is 5.91 Å². The van der Waals surface area contributed by atoms with Crippen LogP contribution in [0.4, 0.5) is 5.82 Å². The van der Waals surface area contributed by atoms with Gasteiger partial charge in [0.15, 0.2) is 11.0 Å². The normalized spacial score (nSPS) is 12.9. The SMILES string of the molecule is C=CCn1c(SCC(=O)Nc2nc(C)c(Cl)cc2Cl)nc2sc3c(c2c1=O)CCC3. The first-order chi connectivity index (χ1) is 14.4. The average molecular weight is 481 g/mol. The fourth-order valence-corrected chi connectivity index (χ4v) is 5.92. The highest BCUT2D eigenvalue weighted by atomic mass is 35.5. The molecular weight excluding hydrogens is 463 g/mol. The zero-order valence-electron chi connectivity index (χ0n) is 16.1. The lowest BCUT2D eigenvalue weighted by Gasteiger charge is -2.11.